The van der Waals surface area contributed by atoms with E-state index in [0.717, 1.165) is 17.7 Å². The first kappa shape index (κ1) is 23.5. The number of carbonyl (C=O) groups excluding carboxylic acids is 2. The molecule has 3 nitrogen and oxygen atoms in total. The van der Waals surface area contributed by atoms with E-state index in [4.69, 9.17) is 0 Å². The van der Waals surface area contributed by atoms with Crippen molar-refractivity contribution in [1.82, 2.24) is 5.32 Å². The Hall–Kier alpha value is -1.81. The van der Waals surface area contributed by atoms with Crippen LogP contribution in [0.4, 0.5) is 0 Å². The third kappa shape index (κ3) is 6.88. The molecule has 0 spiro atoms. The SMILES string of the molecule is CC1=C(/C(C)=C/C(C)=C/C=C/C(C)=C/C(=O)NC2CCSC2=O)C(C)(C)CCC1. The van der Waals surface area contributed by atoms with Crippen molar-refractivity contribution in [2.75, 3.05) is 5.75 Å². The van der Waals surface area contributed by atoms with E-state index in [2.05, 4.69) is 52.1 Å². The molecule has 1 heterocycles. The maximum atomic E-state index is 12.1. The van der Waals surface area contributed by atoms with Crippen molar-refractivity contribution in [2.24, 2.45) is 5.41 Å². The molecule has 0 saturated carbocycles. The molecule has 0 bridgehead atoms. The highest BCUT2D eigenvalue weighted by Crippen LogP contribution is 2.43. The second kappa shape index (κ2) is 10.3. The third-order valence-electron chi connectivity index (χ3n) is 5.62. The molecule has 158 valence electrons. The highest BCUT2D eigenvalue weighted by molar-refractivity contribution is 8.14. The van der Waals surface area contributed by atoms with Gasteiger partial charge in [-0.25, -0.2) is 0 Å². The molecule has 2 rings (SSSR count). The summed E-state index contributed by atoms with van der Waals surface area (Å²) in [4.78, 5) is 23.7. The summed E-state index contributed by atoms with van der Waals surface area (Å²) < 4.78 is 0. The van der Waals surface area contributed by atoms with Crippen molar-refractivity contribution in [2.45, 2.75) is 73.3 Å². The summed E-state index contributed by atoms with van der Waals surface area (Å²) in [5, 5.41) is 2.85. The zero-order valence-electron chi connectivity index (χ0n) is 18.7. The van der Waals surface area contributed by atoms with Crippen LogP contribution in [0.15, 0.2) is 58.2 Å². The molecule has 0 radical (unpaired) electrons. The van der Waals surface area contributed by atoms with Gasteiger partial charge >= 0.3 is 0 Å². The molecular formula is C25H35NO2S. The molecule has 1 saturated heterocycles. The topological polar surface area (TPSA) is 46.2 Å². The van der Waals surface area contributed by atoms with Crippen molar-refractivity contribution >= 4 is 22.8 Å². The number of thioether (sulfide) groups is 1. The Bertz CT molecular complexity index is 809. The first-order valence-corrected chi connectivity index (χ1v) is 11.5. The monoisotopic (exact) mass is 413 g/mol. The molecule has 2 aliphatic rings. The fourth-order valence-electron chi connectivity index (χ4n) is 4.40. The number of rotatable bonds is 6. The number of hydrogen-bond acceptors (Lipinski definition) is 3. The average molecular weight is 414 g/mol. The van der Waals surface area contributed by atoms with Crippen molar-refractivity contribution in [3.05, 3.63) is 58.2 Å². The molecule has 0 aromatic heterocycles. The number of amides is 1. The fraction of sp³-hybridized carbons (Fsp3) is 0.520. The zero-order chi connectivity index (χ0) is 21.6. The van der Waals surface area contributed by atoms with Gasteiger partial charge in [0.1, 0.15) is 0 Å². The first-order chi connectivity index (χ1) is 13.6. The van der Waals surface area contributed by atoms with Gasteiger partial charge in [0.25, 0.3) is 0 Å². The Morgan fingerprint density at radius 1 is 1.17 bits per heavy atom. The molecule has 1 N–H and O–H groups in total. The average Bonchev–Trinajstić information content (AvgIpc) is 2.98. The van der Waals surface area contributed by atoms with Gasteiger partial charge in [-0.05, 0) is 75.5 Å². The van der Waals surface area contributed by atoms with Gasteiger partial charge in [-0.2, -0.15) is 0 Å². The van der Waals surface area contributed by atoms with Crippen LogP contribution in [-0.2, 0) is 9.59 Å². The van der Waals surface area contributed by atoms with Crippen LogP contribution in [0.1, 0.15) is 67.2 Å². The van der Waals surface area contributed by atoms with Gasteiger partial charge in [0.2, 0.25) is 11.0 Å². The molecule has 1 fully saturated rings. The molecule has 4 heteroatoms. The predicted molar refractivity (Wildman–Crippen MR) is 125 cm³/mol. The van der Waals surface area contributed by atoms with E-state index in [1.54, 1.807) is 6.08 Å². The van der Waals surface area contributed by atoms with Crippen LogP contribution in [0, 0.1) is 5.41 Å². The minimum atomic E-state index is -0.336. The van der Waals surface area contributed by atoms with Crippen LogP contribution in [-0.4, -0.2) is 22.8 Å². The Kier molecular flexibility index (Phi) is 8.33. The van der Waals surface area contributed by atoms with E-state index in [0.29, 0.717) is 0 Å². The smallest absolute Gasteiger partial charge is 0.244 e. The van der Waals surface area contributed by atoms with Crippen LogP contribution in [0.3, 0.4) is 0 Å². The normalized spacial score (nSPS) is 23.9. The molecule has 0 aromatic rings. The second-order valence-corrected chi connectivity index (χ2v) is 9.99. The minimum absolute atomic E-state index is 0.0622. The predicted octanol–water partition coefficient (Wildman–Crippen LogP) is 6.06. The minimum Gasteiger partial charge on any atom is -0.342 e. The van der Waals surface area contributed by atoms with Gasteiger partial charge < -0.3 is 5.32 Å². The van der Waals surface area contributed by atoms with Crippen LogP contribution in [0.25, 0.3) is 0 Å². The van der Waals surface area contributed by atoms with Crippen molar-refractivity contribution in [3.8, 4) is 0 Å². The quantitative estimate of drug-likeness (QED) is 0.425. The zero-order valence-corrected chi connectivity index (χ0v) is 19.5. The summed E-state index contributed by atoms with van der Waals surface area (Å²) in [5.41, 5.74) is 6.66. The molecular weight excluding hydrogens is 378 g/mol. The Morgan fingerprint density at radius 2 is 1.90 bits per heavy atom. The summed E-state index contributed by atoms with van der Waals surface area (Å²) in [6.07, 6.45) is 14.2. The molecule has 0 aromatic carbocycles. The number of hydrogen-bond donors (Lipinski definition) is 1. The summed E-state index contributed by atoms with van der Waals surface area (Å²) in [6.45, 7) is 13.2. The molecule has 1 aliphatic carbocycles. The molecule has 1 unspecified atom stereocenters. The van der Waals surface area contributed by atoms with Gasteiger partial charge in [0.05, 0.1) is 6.04 Å². The molecule has 29 heavy (non-hydrogen) atoms. The number of carbonyl (C=O) groups is 2. The van der Waals surface area contributed by atoms with Crippen molar-refractivity contribution < 1.29 is 9.59 Å². The van der Waals surface area contributed by atoms with E-state index in [-0.39, 0.29) is 22.5 Å². The van der Waals surface area contributed by atoms with Gasteiger partial charge in [0.15, 0.2) is 0 Å². The van der Waals surface area contributed by atoms with Crippen molar-refractivity contribution in [3.63, 3.8) is 0 Å². The molecule has 1 atom stereocenters. The second-order valence-electron chi connectivity index (χ2n) is 8.90. The van der Waals surface area contributed by atoms with E-state index >= 15 is 0 Å². The third-order valence-corrected chi connectivity index (χ3v) is 6.63. The standard InChI is InChI=1S/C25H35NO2S/c1-17(15-20(4)23-19(3)11-8-13-25(23,5)6)9-7-10-18(2)16-22(27)26-21-12-14-29-24(21)28/h7,9-10,15-16,21H,8,11-14H2,1-6H3,(H,26,27)/b10-7+,17-9+,18-16+,20-15+. The van der Waals surface area contributed by atoms with E-state index in [9.17, 15) is 9.59 Å². The number of allylic oxidation sites excluding steroid dienone is 9. The Morgan fingerprint density at radius 3 is 2.52 bits per heavy atom. The van der Waals surface area contributed by atoms with E-state index in [1.807, 2.05) is 19.1 Å². The Balaban J connectivity index is 2.00. The highest BCUT2D eigenvalue weighted by Gasteiger charge is 2.29. The Labute approximate surface area is 180 Å². The highest BCUT2D eigenvalue weighted by atomic mass is 32.2. The maximum absolute atomic E-state index is 12.1. The van der Waals surface area contributed by atoms with Gasteiger partial charge in [-0.15, -0.1) is 0 Å². The van der Waals surface area contributed by atoms with Crippen LogP contribution in [0.5, 0.6) is 0 Å². The maximum Gasteiger partial charge on any atom is 0.244 e. The largest absolute Gasteiger partial charge is 0.342 e. The summed E-state index contributed by atoms with van der Waals surface area (Å²) in [6, 6.07) is -0.336. The van der Waals surface area contributed by atoms with Gasteiger partial charge in [0, 0.05) is 11.8 Å². The lowest BCUT2D eigenvalue weighted by atomic mass is 9.70. The van der Waals surface area contributed by atoms with Crippen LogP contribution in [0.2, 0.25) is 0 Å². The summed E-state index contributed by atoms with van der Waals surface area (Å²) in [7, 11) is 0. The van der Waals surface area contributed by atoms with Crippen molar-refractivity contribution in [1.29, 1.82) is 0 Å². The van der Waals surface area contributed by atoms with Gasteiger partial charge in [-0.1, -0.05) is 61.1 Å². The first-order valence-electron chi connectivity index (χ1n) is 10.5. The van der Waals surface area contributed by atoms with Crippen LogP contribution >= 0.6 is 11.8 Å². The van der Waals surface area contributed by atoms with E-state index in [1.165, 1.54) is 53.3 Å². The molecule has 1 amide bonds. The lowest BCUT2D eigenvalue weighted by molar-refractivity contribution is -0.121. The lowest BCUT2D eigenvalue weighted by Gasteiger charge is -2.35. The summed E-state index contributed by atoms with van der Waals surface area (Å²) in [5.74, 6) is 0.586. The molecule has 1 aliphatic heterocycles. The van der Waals surface area contributed by atoms with E-state index < -0.39 is 0 Å². The number of nitrogens with one attached hydrogen (secondary N) is 1. The summed E-state index contributed by atoms with van der Waals surface area (Å²) >= 11 is 1.29. The lowest BCUT2D eigenvalue weighted by Crippen LogP contribution is -2.36. The van der Waals surface area contributed by atoms with Crippen LogP contribution < -0.4 is 5.32 Å². The fourth-order valence-corrected chi connectivity index (χ4v) is 5.33. The van der Waals surface area contributed by atoms with Gasteiger partial charge in [-0.3, -0.25) is 9.59 Å².